The van der Waals surface area contributed by atoms with Crippen molar-refractivity contribution in [2.75, 3.05) is 13.2 Å². The summed E-state index contributed by atoms with van der Waals surface area (Å²) in [5.74, 6) is 1.37. The Hall–Kier alpha value is -2.36. The van der Waals surface area contributed by atoms with Crippen molar-refractivity contribution in [3.8, 4) is 23.0 Å². The summed E-state index contributed by atoms with van der Waals surface area (Å²) in [6.45, 7) is 1.13. The van der Waals surface area contributed by atoms with Crippen LogP contribution >= 0.6 is 0 Å². The molecule has 0 amide bonds. The second kappa shape index (κ2) is 8.04. The van der Waals surface area contributed by atoms with E-state index in [0.29, 0.717) is 24.7 Å². The highest BCUT2D eigenvalue weighted by Crippen LogP contribution is 2.25. The van der Waals surface area contributed by atoms with E-state index < -0.39 is 0 Å². The van der Waals surface area contributed by atoms with Gasteiger partial charge in [-0.3, -0.25) is 0 Å². The molecular formula is C17H20O4. The van der Waals surface area contributed by atoms with Gasteiger partial charge in [0.05, 0.1) is 13.2 Å². The first-order valence-corrected chi connectivity index (χ1v) is 7.09. The van der Waals surface area contributed by atoms with Crippen LogP contribution in [0, 0.1) is 0 Å². The van der Waals surface area contributed by atoms with Crippen LogP contribution in [0.1, 0.15) is 19.3 Å². The molecule has 0 atom stereocenters. The van der Waals surface area contributed by atoms with Crippen molar-refractivity contribution >= 4 is 0 Å². The Labute approximate surface area is 124 Å². The first-order chi connectivity index (χ1) is 10.3. The van der Waals surface area contributed by atoms with Gasteiger partial charge < -0.3 is 19.7 Å². The van der Waals surface area contributed by atoms with Crippen molar-refractivity contribution in [3.05, 3.63) is 48.5 Å². The van der Waals surface area contributed by atoms with Crippen molar-refractivity contribution < 1.29 is 19.7 Å². The Morgan fingerprint density at radius 2 is 1.05 bits per heavy atom. The lowest BCUT2D eigenvalue weighted by molar-refractivity contribution is 0.266. The molecule has 112 valence electrons. The fourth-order valence-electron chi connectivity index (χ4n) is 1.90. The molecule has 0 aliphatic rings. The number of aromatic hydroxyl groups is 2. The molecule has 2 N–H and O–H groups in total. The predicted octanol–water partition coefficient (Wildman–Crippen LogP) is 3.73. The third-order valence-corrected chi connectivity index (χ3v) is 3.03. The largest absolute Gasteiger partial charge is 0.504 e. The van der Waals surface area contributed by atoms with Gasteiger partial charge in [-0.05, 0) is 43.5 Å². The summed E-state index contributed by atoms with van der Waals surface area (Å²) < 4.78 is 11.0. The number of benzene rings is 2. The lowest BCUT2D eigenvalue weighted by Crippen LogP contribution is -2.01. The highest BCUT2D eigenvalue weighted by molar-refractivity contribution is 5.38. The van der Waals surface area contributed by atoms with Crippen LogP contribution in [0.4, 0.5) is 0 Å². The third-order valence-electron chi connectivity index (χ3n) is 3.03. The summed E-state index contributed by atoms with van der Waals surface area (Å²) in [5.41, 5.74) is 0. The van der Waals surface area contributed by atoms with Gasteiger partial charge in [0.25, 0.3) is 0 Å². The van der Waals surface area contributed by atoms with E-state index in [9.17, 15) is 10.2 Å². The Morgan fingerprint density at radius 1 is 0.619 bits per heavy atom. The number of ether oxygens (including phenoxy) is 2. The number of para-hydroxylation sites is 4. The Balaban J connectivity index is 1.57. The third kappa shape index (κ3) is 4.91. The van der Waals surface area contributed by atoms with Gasteiger partial charge in [-0.15, -0.1) is 0 Å². The molecule has 4 nitrogen and oxygen atoms in total. The second-order valence-electron chi connectivity index (χ2n) is 4.69. The van der Waals surface area contributed by atoms with Crippen molar-refractivity contribution in [2.24, 2.45) is 0 Å². The summed E-state index contributed by atoms with van der Waals surface area (Å²) >= 11 is 0. The number of hydrogen-bond donors (Lipinski definition) is 2. The van der Waals surface area contributed by atoms with Crippen LogP contribution in [0.5, 0.6) is 23.0 Å². The summed E-state index contributed by atoms with van der Waals surface area (Å²) in [5, 5.41) is 19.1. The van der Waals surface area contributed by atoms with E-state index in [-0.39, 0.29) is 11.5 Å². The van der Waals surface area contributed by atoms with Crippen molar-refractivity contribution in [3.63, 3.8) is 0 Å². The lowest BCUT2D eigenvalue weighted by atomic mass is 10.2. The van der Waals surface area contributed by atoms with E-state index in [4.69, 9.17) is 9.47 Å². The van der Waals surface area contributed by atoms with Gasteiger partial charge in [-0.1, -0.05) is 24.3 Å². The second-order valence-corrected chi connectivity index (χ2v) is 4.69. The zero-order valence-corrected chi connectivity index (χ0v) is 11.9. The molecule has 2 rings (SSSR count). The highest BCUT2D eigenvalue weighted by atomic mass is 16.5. The van der Waals surface area contributed by atoms with Gasteiger partial charge >= 0.3 is 0 Å². The van der Waals surface area contributed by atoms with Crippen LogP contribution < -0.4 is 9.47 Å². The highest BCUT2D eigenvalue weighted by Gasteiger charge is 2.01. The normalized spacial score (nSPS) is 10.3. The first kappa shape index (κ1) is 15.0. The van der Waals surface area contributed by atoms with Crippen LogP contribution in [0.15, 0.2) is 48.5 Å². The monoisotopic (exact) mass is 288 g/mol. The van der Waals surface area contributed by atoms with Crippen LogP contribution in [0.2, 0.25) is 0 Å². The zero-order valence-electron chi connectivity index (χ0n) is 11.9. The summed E-state index contributed by atoms with van der Waals surface area (Å²) in [7, 11) is 0. The van der Waals surface area contributed by atoms with E-state index in [1.54, 1.807) is 36.4 Å². The lowest BCUT2D eigenvalue weighted by Gasteiger charge is -2.09. The molecule has 0 spiro atoms. The quantitative estimate of drug-likeness (QED) is 0.727. The first-order valence-electron chi connectivity index (χ1n) is 7.09. The van der Waals surface area contributed by atoms with Crippen molar-refractivity contribution in [2.45, 2.75) is 19.3 Å². The molecule has 0 saturated carbocycles. The number of phenolic OH excluding ortho intramolecular Hbond substituents is 2. The molecule has 0 aromatic heterocycles. The number of rotatable bonds is 8. The minimum Gasteiger partial charge on any atom is -0.504 e. The van der Waals surface area contributed by atoms with Gasteiger partial charge in [0, 0.05) is 0 Å². The van der Waals surface area contributed by atoms with Crippen molar-refractivity contribution in [1.29, 1.82) is 0 Å². The Morgan fingerprint density at radius 3 is 1.48 bits per heavy atom. The van der Waals surface area contributed by atoms with Crippen molar-refractivity contribution in [1.82, 2.24) is 0 Å². The van der Waals surface area contributed by atoms with E-state index in [0.717, 1.165) is 19.3 Å². The number of phenols is 2. The van der Waals surface area contributed by atoms with Crippen LogP contribution in [0.25, 0.3) is 0 Å². The fraction of sp³-hybridized carbons (Fsp3) is 0.294. The predicted molar refractivity (Wildman–Crippen MR) is 81.1 cm³/mol. The molecule has 4 heteroatoms. The molecule has 0 fully saturated rings. The standard InChI is InChI=1S/C17H20O4/c18-14-8-2-4-10-16(14)20-12-6-1-7-13-21-17-11-5-3-9-15(17)19/h2-5,8-11,18-19H,1,6-7,12-13H2. The molecule has 0 heterocycles. The molecular weight excluding hydrogens is 268 g/mol. The SMILES string of the molecule is Oc1ccccc1OCCCCCOc1ccccc1O. The maximum atomic E-state index is 9.53. The molecule has 0 unspecified atom stereocenters. The van der Waals surface area contributed by atoms with E-state index >= 15 is 0 Å². The average Bonchev–Trinajstić information content (AvgIpc) is 2.50. The number of hydrogen-bond acceptors (Lipinski definition) is 4. The fourth-order valence-corrected chi connectivity index (χ4v) is 1.90. The molecule has 2 aromatic carbocycles. The summed E-state index contributed by atoms with van der Waals surface area (Å²) in [6, 6.07) is 13.9. The van der Waals surface area contributed by atoms with Crippen LogP contribution in [-0.2, 0) is 0 Å². The molecule has 0 aliphatic carbocycles. The van der Waals surface area contributed by atoms with E-state index in [2.05, 4.69) is 0 Å². The molecule has 0 saturated heterocycles. The maximum absolute atomic E-state index is 9.53. The van der Waals surface area contributed by atoms with Crippen LogP contribution in [-0.4, -0.2) is 23.4 Å². The van der Waals surface area contributed by atoms with Crippen LogP contribution in [0.3, 0.4) is 0 Å². The van der Waals surface area contributed by atoms with Gasteiger partial charge in [-0.25, -0.2) is 0 Å². The molecule has 0 radical (unpaired) electrons. The topological polar surface area (TPSA) is 58.9 Å². The summed E-state index contributed by atoms with van der Waals surface area (Å²) in [6.07, 6.45) is 2.73. The molecule has 21 heavy (non-hydrogen) atoms. The molecule has 2 aromatic rings. The summed E-state index contributed by atoms with van der Waals surface area (Å²) in [4.78, 5) is 0. The minimum atomic E-state index is 0.167. The van der Waals surface area contributed by atoms with Gasteiger partial charge in [0.2, 0.25) is 0 Å². The Kier molecular flexibility index (Phi) is 5.76. The van der Waals surface area contributed by atoms with Gasteiger partial charge in [-0.2, -0.15) is 0 Å². The van der Waals surface area contributed by atoms with Gasteiger partial charge in [0.1, 0.15) is 0 Å². The minimum absolute atomic E-state index is 0.167. The molecule has 0 bridgehead atoms. The maximum Gasteiger partial charge on any atom is 0.160 e. The average molecular weight is 288 g/mol. The van der Waals surface area contributed by atoms with E-state index in [1.807, 2.05) is 12.1 Å². The number of unbranched alkanes of at least 4 members (excludes halogenated alkanes) is 2. The van der Waals surface area contributed by atoms with E-state index in [1.165, 1.54) is 0 Å². The smallest absolute Gasteiger partial charge is 0.160 e. The Bertz CT molecular complexity index is 504. The van der Waals surface area contributed by atoms with Gasteiger partial charge in [0.15, 0.2) is 23.0 Å². The zero-order chi connectivity index (χ0) is 14.9. The molecule has 0 aliphatic heterocycles.